The maximum atomic E-state index is 5.42. The van der Waals surface area contributed by atoms with Gasteiger partial charge in [0.15, 0.2) is 5.82 Å². The van der Waals surface area contributed by atoms with Crippen molar-refractivity contribution < 1.29 is 9.26 Å². The molecule has 0 bridgehead atoms. The van der Waals surface area contributed by atoms with Crippen LogP contribution in [-0.2, 0) is 4.74 Å². The number of benzene rings is 1. The lowest BCUT2D eigenvalue weighted by Crippen LogP contribution is -2.36. The van der Waals surface area contributed by atoms with E-state index >= 15 is 0 Å². The molecule has 128 valence electrons. The molecular formula is C18H24N4O2. The fourth-order valence-electron chi connectivity index (χ4n) is 3.05. The van der Waals surface area contributed by atoms with E-state index in [2.05, 4.69) is 52.4 Å². The average molecular weight is 328 g/mol. The Morgan fingerprint density at radius 1 is 1.25 bits per heavy atom. The number of morpholine rings is 1. The SMILES string of the molecule is Cc1cc(N2CCOCC2)ccc1N[C@@H](C)c1nc(C2CC2)no1. The second kappa shape index (κ2) is 6.43. The van der Waals surface area contributed by atoms with E-state index in [9.17, 15) is 0 Å². The summed E-state index contributed by atoms with van der Waals surface area (Å²) in [5, 5.41) is 7.58. The molecule has 2 aliphatic rings. The second-order valence-corrected chi connectivity index (χ2v) is 6.73. The second-order valence-electron chi connectivity index (χ2n) is 6.73. The van der Waals surface area contributed by atoms with Crippen molar-refractivity contribution in [3.05, 3.63) is 35.5 Å². The molecule has 0 radical (unpaired) electrons. The molecule has 2 fully saturated rings. The zero-order valence-electron chi connectivity index (χ0n) is 14.3. The molecular weight excluding hydrogens is 304 g/mol. The molecule has 0 amide bonds. The summed E-state index contributed by atoms with van der Waals surface area (Å²) < 4.78 is 10.8. The maximum absolute atomic E-state index is 5.42. The highest BCUT2D eigenvalue weighted by molar-refractivity contribution is 5.60. The molecule has 2 heterocycles. The first kappa shape index (κ1) is 15.4. The third kappa shape index (κ3) is 3.24. The van der Waals surface area contributed by atoms with Crippen LogP contribution in [0.5, 0.6) is 0 Å². The first-order valence-corrected chi connectivity index (χ1v) is 8.74. The van der Waals surface area contributed by atoms with Crippen LogP contribution in [0.2, 0.25) is 0 Å². The van der Waals surface area contributed by atoms with Gasteiger partial charge in [0, 0.05) is 30.4 Å². The van der Waals surface area contributed by atoms with Gasteiger partial charge in [0.05, 0.1) is 13.2 Å². The van der Waals surface area contributed by atoms with Crippen molar-refractivity contribution in [2.75, 3.05) is 36.5 Å². The largest absolute Gasteiger partial charge is 0.378 e. The number of aryl methyl sites for hydroxylation is 1. The Balaban J connectivity index is 1.44. The summed E-state index contributed by atoms with van der Waals surface area (Å²) >= 11 is 0. The van der Waals surface area contributed by atoms with Gasteiger partial charge in [-0.3, -0.25) is 0 Å². The molecule has 1 aliphatic heterocycles. The van der Waals surface area contributed by atoms with Crippen LogP contribution in [0.4, 0.5) is 11.4 Å². The molecule has 1 N–H and O–H groups in total. The van der Waals surface area contributed by atoms with Crippen molar-refractivity contribution in [3.63, 3.8) is 0 Å². The summed E-state index contributed by atoms with van der Waals surface area (Å²) in [6.07, 6.45) is 2.37. The Bertz CT molecular complexity index is 705. The van der Waals surface area contributed by atoms with E-state index in [0.717, 1.165) is 37.8 Å². The number of aromatic nitrogens is 2. The number of nitrogens with zero attached hydrogens (tertiary/aromatic N) is 3. The van der Waals surface area contributed by atoms with Gasteiger partial charge in [0.25, 0.3) is 0 Å². The number of nitrogens with one attached hydrogen (secondary N) is 1. The molecule has 0 spiro atoms. The molecule has 1 atom stereocenters. The summed E-state index contributed by atoms with van der Waals surface area (Å²) in [6.45, 7) is 7.69. The summed E-state index contributed by atoms with van der Waals surface area (Å²) in [5.74, 6) is 2.04. The Kier molecular flexibility index (Phi) is 4.14. The van der Waals surface area contributed by atoms with Crippen molar-refractivity contribution >= 4 is 11.4 Å². The Labute approximate surface area is 142 Å². The standard InChI is InChI=1S/C18H24N4O2/c1-12-11-15(22-7-9-23-10-8-22)5-6-16(12)19-13(2)18-20-17(21-24-18)14-3-4-14/h5-6,11,13-14,19H,3-4,7-10H2,1-2H3/t13-/m0/s1. The molecule has 1 aromatic carbocycles. The summed E-state index contributed by atoms with van der Waals surface area (Å²) in [5.41, 5.74) is 3.57. The fraction of sp³-hybridized carbons (Fsp3) is 0.556. The van der Waals surface area contributed by atoms with Crippen LogP contribution >= 0.6 is 0 Å². The van der Waals surface area contributed by atoms with E-state index in [4.69, 9.17) is 9.26 Å². The van der Waals surface area contributed by atoms with Gasteiger partial charge in [-0.1, -0.05) is 5.16 Å². The van der Waals surface area contributed by atoms with Crippen LogP contribution in [0.3, 0.4) is 0 Å². The minimum atomic E-state index is -0.00191. The average Bonchev–Trinajstić information content (AvgIpc) is 3.34. The molecule has 1 aromatic heterocycles. The molecule has 1 aliphatic carbocycles. The van der Waals surface area contributed by atoms with Gasteiger partial charge in [0.1, 0.15) is 6.04 Å². The zero-order chi connectivity index (χ0) is 16.5. The first-order chi connectivity index (χ1) is 11.7. The van der Waals surface area contributed by atoms with E-state index in [1.807, 2.05) is 0 Å². The molecule has 2 aromatic rings. The molecule has 6 heteroatoms. The Morgan fingerprint density at radius 3 is 2.75 bits per heavy atom. The predicted octanol–water partition coefficient (Wildman–Crippen LogP) is 3.27. The van der Waals surface area contributed by atoms with Gasteiger partial charge >= 0.3 is 0 Å². The van der Waals surface area contributed by atoms with E-state index in [0.29, 0.717) is 11.8 Å². The minimum absolute atomic E-state index is 0.00191. The van der Waals surface area contributed by atoms with E-state index in [1.165, 1.54) is 24.1 Å². The highest BCUT2D eigenvalue weighted by atomic mass is 16.5. The quantitative estimate of drug-likeness (QED) is 0.909. The Morgan fingerprint density at radius 2 is 2.04 bits per heavy atom. The lowest BCUT2D eigenvalue weighted by Gasteiger charge is -2.29. The van der Waals surface area contributed by atoms with Crippen LogP contribution in [0.25, 0.3) is 0 Å². The smallest absolute Gasteiger partial charge is 0.248 e. The van der Waals surface area contributed by atoms with Gasteiger partial charge in [-0.25, -0.2) is 0 Å². The molecule has 4 rings (SSSR count). The molecule has 6 nitrogen and oxygen atoms in total. The third-order valence-corrected chi connectivity index (χ3v) is 4.73. The van der Waals surface area contributed by atoms with E-state index in [-0.39, 0.29) is 6.04 Å². The normalized spacial score (nSPS) is 19.3. The Hall–Kier alpha value is -2.08. The molecule has 1 saturated heterocycles. The van der Waals surface area contributed by atoms with Crippen molar-refractivity contribution in [1.82, 2.24) is 10.1 Å². The summed E-state index contributed by atoms with van der Waals surface area (Å²) in [7, 11) is 0. The van der Waals surface area contributed by atoms with Crippen molar-refractivity contribution in [3.8, 4) is 0 Å². The van der Waals surface area contributed by atoms with E-state index in [1.54, 1.807) is 0 Å². The van der Waals surface area contributed by atoms with Gasteiger partial charge < -0.3 is 19.5 Å². The minimum Gasteiger partial charge on any atom is -0.378 e. The molecule has 0 unspecified atom stereocenters. The number of anilines is 2. The van der Waals surface area contributed by atoms with Crippen LogP contribution < -0.4 is 10.2 Å². The van der Waals surface area contributed by atoms with Crippen LogP contribution in [-0.4, -0.2) is 36.4 Å². The lowest BCUT2D eigenvalue weighted by atomic mass is 10.1. The topological polar surface area (TPSA) is 63.4 Å². The lowest BCUT2D eigenvalue weighted by molar-refractivity contribution is 0.122. The number of rotatable bonds is 5. The first-order valence-electron chi connectivity index (χ1n) is 8.74. The summed E-state index contributed by atoms with van der Waals surface area (Å²) in [4.78, 5) is 6.89. The van der Waals surface area contributed by atoms with Gasteiger partial charge in [-0.2, -0.15) is 4.98 Å². The van der Waals surface area contributed by atoms with Crippen molar-refractivity contribution in [1.29, 1.82) is 0 Å². The third-order valence-electron chi connectivity index (χ3n) is 4.73. The van der Waals surface area contributed by atoms with Crippen LogP contribution in [0.15, 0.2) is 22.7 Å². The maximum Gasteiger partial charge on any atom is 0.248 e. The van der Waals surface area contributed by atoms with E-state index < -0.39 is 0 Å². The highest BCUT2D eigenvalue weighted by Crippen LogP contribution is 2.38. The van der Waals surface area contributed by atoms with Crippen LogP contribution in [0.1, 0.15) is 49.0 Å². The van der Waals surface area contributed by atoms with Gasteiger partial charge in [0.2, 0.25) is 5.89 Å². The zero-order valence-corrected chi connectivity index (χ0v) is 14.3. The number of hydrogen-bond acceptors (Lipinski definition) is 6. The monoisotopic (exact) mass is 328 g/mol. The number of ether oxygens (including phenoxy) is 1. The van der Waals surface area contributed by atoms with Crippen molar-refractivity contribution in [2.45, 2.75) is 38.6 Å². The molecule has 24 heavy (non-hydrogen) atoms. The van der Waals surface area contributed by atoms with Crippen molar-refractivity contribution in [2.24, 2.45) is 0 Å². The van der Waals surface area contributed by atoms with Gasteiger partial charge in [-0.15, -0.1) is 0 Å². The number of hydrogen-bond donors (Lipinski definition) is 1. The summed E-state index contributed by atoms with van der Waals surface area (Å²) in [6, 6.07) is 6.52. The fourth-order valence-corrected chi connectivity index (χ4v) is 3.05. The van der Waals surface area contributed by atoms with Crippen LogP contribution in [0, 0.1) is 6.92 Å². The highest BCUT2D eigenvalue weighted by Gasteiger charge is 2.29. The predicted molar refractivity (Wildman–Crippen MR) is 92.5 cm³/mol. The molecule has 1 saturated carbocycles. The van der Waals surface area contributed by atoms with Gasteiger partial charge in [-0.05, 0) is 50.5 Å².